The summed E-state index contributed by atoms with van der Waals surface area (Å²) in [5, 5.41) is 16.0. The average molecular weight is 468 g/mol. The van der Waals surface area contributed by atoms with E-state index in [2.05, 4.69) is 54.1 Å². The predicted octanol–water partition coefficient (Wildman–Crippen LogP) is 2.67. The molecule has 2 unspecified atom stereocenters. The largest absolute Gasteiger partial charge is 0.480 e. The number of carbonyl (C=O) groups excluding carboxylic acids is 1. The zero-order valence-corrected chi connectivity index (χ0v) is 20.6. The Morgan fingerprint density at radius 3 is 2.61 bits per heavy atom. The number of carboxylic acid groups (broad SMARTS) is 1. The van der Waals surface area contributed by atoms with Gasteiger partial charge in [-0.1, -0.05) is 38.1 Å². The van der Waals surface area contributed by atoms with Crippen LogP contribution in [-0.4, -0.2) is 70.9 Å². The van der Waals surface area contributed by atoms with Crippen molar-refractivity contribution in [3.63, 3.8) is 0 Å². The van der Waals surface area contributed by atoms with Gasteiger partial charge < -0.3 is 15.7 Å². The molecular formula is C23H37N3O3S2. The van der Waals surface area contributed by atoms with Crippen molar-refractivity contribution in [2.24, 2.45) is 5.92 Å². The highest BCUT2D eigenvalue weighted by Crippen LogP contribution is 2.24. The lowest BCUT2D eigenvalue weighted by atomic mass is 9.91. The molecule has 0 spiro atoms. The van der Waals surface area contributed by atoms with Crippen molar-refractivity contribution in [3.05, 3.63) is 35.4 Å². The summed E-state index contributed by atoms with van der Waals surface area (Å²) in [4.78, 5) is 27.1. The minimum atomic E-state index is -0.973. The molecule has 1 aliphatic heterocycles. The average Bonchev–Trinajstić information content (AvgIpc) is 2.75. The number of carboxylic acids is 1. The van der Waals surface area contributed by atoms with Gasteiger partial charge in [0.05, 0.1) is 6.04 Å². The summed E-state index contributed by atoms with van der Waals surface area (Å²) in [5.41, 5.74) is 2.40. The molecule has 174 valence electrons. The molecule has 6 nitrogen and oxygen atoms in total. The first-order valence-electron chi connectivity index (χ1n) is 11.0. The summed E-state index contributed by atoms with van der Waals surface area (Å²) >= 11 is 5.88. The second-order valence-electron chi connectivity index (χ2n) is 8.48. The molecule has 3 atom stereocenters. The molecular weight excluding hydrogens is 430 g/mol. The maximum atomic E-state index is 13.3. The summed E-state index contributed by atoms with van der Waals surface area (Å²) in [6, 6.07) is 7.23. The molecule has 1 aromatic rings. The standard InChI is InChI=1S/C23H37N3O3S2/c1-16(2)20(24-10-6-11-30)15-26-14-18-8-5-4-7-17(18)13-21(26)22(27)25-19(23(28)29)9-12-31-3/h4-5,7-8,16,19-21,24,30H,6,9-15H2,1-3H3,(H,25,27)(H,28,29)/t19-,20?,21?/m0/s1. The van der Waals surface area contributed by atoms with Gasteiger partial charge in [0.25, 0.3) is 0 Å². The minimum Gasteiger partial charge on any atom is -0.480 e. The smallest absolute Gasteiger partial charge is 0.326 e. The van der Waals surface area contributed by atoms with E-state index in [-0.39, 0.29) is 18.0 Å². The van der Waals surface area contributed by atoms with Crippen molar-refractivity contribution in [2.45, 2.75) is 57.8 Å². The molecule has 0 saturated carbocycles. The van der Waals surface area contributed by atoms with Gasteiger partial charge in [0.1, 0.15) is 6.04 Å². The topological polar surface area (TPSA) is 81.7 Å². The normalized spacial score (nSPS) is 18.4. The van der Waals surface area contributed by atoms with Crippen LogP contribution in [-0.2, 0) is 22.6 Å². The van der Waals surface area contributed by atoms with E-state index in [0.29, 0.717) is 31.1 Å². The van der Waals surface area contributed by atoms with Gasteiger partial charge in [0.2, 0.25) is 5.91 Å². The van der Waals surface area contributed by atoms with Gasteiger partial charge in [-0.15, -0.1) is 0 Å². The lowest BCUT2D eigenvalue weighted by Gasteiger charge is -2.39. The molecule has 0 aliphatic carbocycles. The predicted molar refractivity (Wildman–Crippen MR) is 132 cm³/mol. The van der Waals surface area contributed by atoms with Gasteiger partial charge in [0.15, 0.2) is 0 Å². The van der Waals surface area contributed by atoms with Gasteiger partial charge in [-0.2, -0.15) is 24.4 Å². The number of thiol groups is 1. The number of hydrogen-bond donors (Lipinski definition) is 4. The highest BCUT2D eigenvalue weighted by atomic mass is 32.2. The summed E-state index contributed by atoms with van der Waals surface area (Å²) in [7, 11) is 0. The Labute approximate surface area is 196 Å². The van der Waals surface area contributed by atoms with E-state index in [9.17, 15) is 14.7 Å². The van der Waals surface area contributed by atoms with Crippen LogP contribution in [0.15, 0.2) is 24.3 Å². The Balaban J connectivity index is 2.19. The number of amides is 1. The van der Waals surface area contributed by atoms with Gasteiger partial charge in [0, 0.05) is 19.1 Å². The molecule has 1 aromatic carbocycles. The van der Waals surface area contributed by atoms with Gasteiger partial charge in [-0.3, -0.25) is 9.69 Å². The van der Waals surface area contributed by atoms with Crippen LogP contribution in [0.3, 0.4) is 0 Å². The van der Waals surface area contributed by atoms with E-state index >= 15 is 0 Å². The molecule has 2 rings (SSSR count). The number of nitrogens with one attached hydrogen (secondary N) is 2. The number of benzene rings is 1. The fourth-order valence-corrected chi connectivity index (χ4v) is 4.55. The zero-order chi connectivity index (χ0) is 22.8. The van der Waals surface area contributed by atoms with Crippen LogP contribution in [0, 0.1) is 5.92 Å². The van der Waals surface area contributed by atoms with Crippen molar-refractivity contribution in [2.75, 3.05) is 30.9 Å². The fraction of sp³-hybridized carbons (Fsp3) is 0.652. The Hall–Kier alpha value is -1.22. The highest BCUT2D eigenvalue weighted by molar-refractivity contribution is 7.98. The first-order valence-corrected chi connectivity index (χ1v) is 13.1. The van der Waals surface area contributed by atoms with E-state index in [4.69, 9.17) is 0 Å². The van der Waals surface area contributed by atoms with Crippen molar-refractivity contribution < 1.29 is 14.7 Å². The van der Waals surface area contributed by atoms with Crippen LogP contribution in [0.25, 0.3) is 0 Å². The molecule has 1 heterocycles. The molecule has 8 heteroatoms. The Morgan fingerprint density at radius 1 is 1.29 bits per heavy atom. The number of hydrogen-bond acceptors (Lipinski definition) is 6. The summed E-state index contributed by atoms with van der Waals surface area (Å²) < 4.78 is 0. The molecule has 0 fully saturated rings. The van der Waals surface area contributed by atoms with E-state index in [1.807, 2.05) is 18.4 Å². The van der Waals surface area contributed by atoms with Crippen LogP contribution in [0.5, 0.6) is 0 Å². The van der Waals surface area contributed by atoms with E-state index in [0.717, 1.165) is 25.3 Å². The van der Waals surface area contributed by atoms with Crippen LogP contribution >= 0.6 is 24.4 Å². The molecule has 0 radical (unpaired) electrons. The van der Waals surface area contributed by atoms with E-state index < -0.39 is 12.0 Å². The van der Waals surface area contributed by atoms with E-state index in [1.54, 1.807) is 11.8 Å². The van der Waals surface area contributed by atoms with Crippen molar-refractivity contribution in [1.29, 1.82) is 0 Å². The van der Waals surface area contributed by atoms with E-state index in [1.165, 1.54) is 11.1 Å². The second kappa shape index (κ2) is 13.4. The maximum absolute atomic E-state index is 13.3. The highest BCUT2D eigenvalue weighted by Gasteiger charge is 2.35. The number of carbonyl (C=O) groups is 2. The Morgan fingerprint density at radius 2 is 2.00 bits per heavy atom. The van der Waals surface area contributed by atoms with Crippen LogP contribution < -0.4 is 10.6 Å². The third-order valence-corrected chi connectivity index (χ3v) is 6.81. The third kappa shape index (κ3) is 8.00. The number of aliphatic carboxylic acids is 1. The van der Waals surface area contributed by atoms with Crippen LogP contribution in [0.4, 0.5) is 0 Å². The zero-order valence-electron chi connectivity index (χ0n) is 18.8. The summed E-state index contributed by atoms with van der Waals surface area (Å²) in [5.74, 6) is 0.777. The monoisotopic (exact) mass is 467 g/mol. The molecule has 0 saturated heterocycles. The lowest BCUT2D eigenvalue weighted by Crippen LogP contribution is -2.57. The fourth-order valence-electron chi connectivity index (χ4n) is 3.92. The Kier molecular flexibility index (Phi) is 11.2. The van der Waals surface area contributed by atoms with Crippen LogP contribution in [0.1, 0.15) is 37.8 Å². The molecule has 31 heavy (non-hydrogen) atoms. The Bertz CT molecular complexity index is 717. The maximum Gasteiger partial charge on any atom is 0.326 e. The van der Waals surface area contributed by atoms with Gasteiger partial charge in [-0.25, -0.2) is 4.79 Å². The number of rotatable bonds is 13. The number of fused-ring (bicyclic) bond motifs is 1. The SMILES string of the molecule is CSCC[C@H](NC(=O)C1Cc2ccccc2CN1CC(NCCCS)C(C)C)C(=O)O. The molecule has 1 amide bonds. The van der Waals surface area contributed by atoms with Crippen LogP contribution in [0.2, 0.25) is 0 Å². The first-order chi connectivity index (χ1) is 14.9. The van der Waals surface area contributed by atoms with Crippen molar-refractivity contribution in [3.8, 4) is 0 Å². The molecule has 1 aliphatic rings. The molecule has 3 N–H and O–H groups in total. The molecule has 0 aromatic heterocycles. The number of nitrogens with zero attached hydrogens (tertiary/aromatic N) is 1. The van der Waals surface area contributed by atoms with Crippen molar-refractivity contribution in [1.82, 2.24) is 15.5 Å². The quantitative estimate of drug-likeness (QED) is 0.264. The summed E-state index contributed by atoms with van der Waals surface area (Å²) in [6.45, 7) is 6.69. The minimum absolute atomic E-state index is 0.194. The molecule has 0 bridgehead atoms. The lowest BCUT2D eigenvalue weighted by molar-refractivity contribution is -0.143. The van der Waals surface area contributed by atoms with Gasteiger partial charge in [-0.05, 0) is 60.6 Å². The second-order valence-corrected chi connectivity index (χ2v) is 9.91. The summed E-state index contributed by atoms with van der Waals surface area (Å²) in [6.07, 6.45) is 3.95. The van der Waals surface area contributed by atoms with Crippen molar-refractivity contribution >= 4 is 36.3 Å². The third-order valence-electron chi connectivity index (χ3n) is 5.85. The van der Waals surface area contributed by atoms with Gasteiger partial charge >= 0.3 is 5.97 Å². The number of thioether (sulfide) groups is 1. The first kappa shape index (κ1) is 26.0.